The Hall–Kier alpha value is -2.77. The summed E-state index contributed by atoms with van der Waals surface area (Å²) in [5.41, 5.74) is 0.236. The lowest BCUT2D eigenvalue weighted by molar-refractivity contribution is -0.384. The maximum Gasteiger partial charge on any atom is 0.270 e. The van der Waals surface area contributed by atoms with E-state index < -0.39 is 16.7 Å². The van der Waals surface area contributed by atoms with Crippen LogP contribution in [0.4, 0.5) is 11.4 Å². The molecule has 104 valence electrons. The summed E-state index contributed by atoms with van der Waals surface area (Å²) in [6.45, 7) is 1.11. The van der Waals surface area contributed by atoms with Crippen molar-refractivity contribution in [2.24, 2.45) is 0 Å². The molecule has 20 heavy (non-hydrogen) atoms. The fourth-order valence-electron chi connectivity index (χ4n) is 2.00. The van der Waals surface area contributed by atoms with E-state index >= 15 is 0 Å². The van der Waals surface area contributed by atoms with Gasteiger partial charge < -0.3 is 4.90 Å². The number of hydrogen-bond acceptors (Lipinski definition) is 6. The molecule has 0 radical (unpaired) electrons. The molecule has 1 saturated heterocycles. The zero-order chi connectivity index (χ0) is 14.9. The van der Waals surface area contributed by atoms with Gasteiger partial charge >= 0.3 is 0 Å². The fourth-order valence-corrected chi connectivity index (χ4v) is 2.00. The zero-order valence-electron chi connectivity index (χ0n) is 10.6. The van der Waals surface area contributed by atoms with E-state index in [4.69, 9.17) is 0 Å². The van der Waals surface area contributed by atoms with Crippen molar-refractivity contribution in [3.05, 3.63) is 33.9 Å². The van der Waals surface area contributed by atoms with Crippen LogP contribution in [0.25, 0.3) is 0 Å². The highest BCUT2D eigenvalue weighted by Gasteiger charge is 2.26. The van der Waals surface area contributed by atoms with Crippen LogP contribution in [0.5, 0.6) is 0 Å². The lowest BCUT2D eigenvalue weighted by Gasteiger charge is -2.28. The van der Waals surface area contributed by atoms with Crippen LogP contribution in [0.1, 0.15) is 17.3 Å². The number of imide groups is 1. The normalized spacial score (nSPS) is 14.9. The molecule has 8 heteroatoms. The molecule has 0 spiro atoms. The number of amides is 2. The molecule has 1 heterocycles. The molecule has 1 N–H and O–H groups in total. The highest BCUT2D eigenvalue weighted by Crippen LogP contribution is 2.26. The van der Waals surface area contributed by atoms with Crippen molar-refractivity contribution in [1.82, 2.24) is 5.32 Å². The maximum atomic E-state index is 11.6. The average molecular weight is 277 g/mol. The van der Waals surface area contributed by atoms with E-state index in [0.29, 0.717) is 5.69 Å². The van der Waals surface area contributed by atoms with Gasteiger partial charge in [0.15, 0.2) is 5.78 Å². The van der Waals surface area contributed by atoms with Crippen LogP contribution in [-0.4, -0.2) is 35.6 Å². The van der Waals surface area contributed by atoms with Crippen molar-refractivity contribution in [2.75, 3.05) is 18.0 Å². The highest BCUT2D eigenvalue weighted by molar-refractivity contribution is 6.06. The van der Waals surface area contributed by atoms with Crippen LogP contribution >= 0.6 is 0 Å². The zero-order valence-corrected chi connectivity index (χ0v) is 10.6. The van der Waals surface area contributed by atoms with Gasteiger partial charge in [0, 0.05) is 23.4 Å². The van der Waals surface area contributed by atoms with E-state index in [1.807, 2.05) is 0 Å². The van der Waals surface area contributed by atoms with Crippen LogP contribution in [0.15, 0.2) is 18.2 Å². The molecule has 8 nitrogen and oxygen atoms in total. The number of nitrogens with zero attached hydrogens (tertiary/aromatic N) is 2. The summed E-state index contributed by atoms with van der Waals surface area (Å²) < 4.78 is 0. The monoisotopic (exact) mass is 277 g/mol. The SMILES string of the molecule is CC(=O)c1cc([N+](=O)[O-])ccc1N1CC(=O)NC(=O)C1. The summed E-state index contributed by atoms with van der Waals surface area (Å²) in [6.07, 6.45) is 0. The first kappa shape index (κ1) is 13.7. The van der Waals surface area contributed by atoms with Crippen LogP contribution in [-0.2, 0) is 9.59 Å². The fraction of sp³-hybridized carbons (Fsp3) is 0.250. The van der Waals surface area contributed by atoms with E-state index in [9.17, 15) is 24.5 Å². The second-order valence-corrected chi connectivity index (χ2v) is 4.34. The third-order valence-corrected chi connectivity index (χ3v) is 2.86. The van der Waals surface area contributed by atoms with E-state index in [-0.39, 0.29) is 30.1 Å². The largest absolute Gasteiger partial charge is 0.352 e. The van der Waals surface area contributed by atoms with Gasteiger partial charge in [-0.2, -0.15) is 0 Å². The number of nitro groups is 1. The highest BCUT2D eigenvalue weighted by atomic mass is 16.6. The summed E-state index contributed by atoms with van der Waals surface area (Å²) in [5.74, 6) is -1.33. The average Bonchev–Trinajstić information content (AvgIpc) is 2.36. The number of piperazine rings is 1. The molecule has 0 aromatic heterocycles. The van der Waals surface area contributed by atoms with Gasteiger partial charge in [-0.15, -0.1) is 0 Å². The number of rotatable bonds is 3. The number of Topliss-reactive ketones (excluding diaryl/α,β-unsaturated/α-hetero) is 1. The van der Waals surface area contributed by atoms with Gasteiger partial charge in [-0.25, -0.2) is 0 Å². The third kappa shape index (κ3) is 2.63. The van der Waals surface area contributed by atoms with E-state index in [2.05, 4.69) is 5.32 Å². The number of non-ortho nitro benzene ring substituents is 1. The second kappa shape index (κ2) is 5.08. The number of ketones is 1. The summed E-state index contributed by atoms with van der Waals surface area (Å²) in [6, 6.07) is 3.76. The van der Waals surface area contributed by atoms with Gasteiger partial charge in [-0.1, -0.05) is 0 Å². The number of hydrogen-bond donors (Lipinski definition) is 1. The van der Waals surface area contributed by atoms with E-state index in [0.717, 1.165) is 6.07 Å². The minimum Gasteiger partial charge on any atom is -0.352 e. The van der Waals surface area contributed by atoms with Gasteiger partial charge in [0.05, 0.1) is 18.0 Å². The molecular formula is C12H11N3O5. The van der Waals surface area contributed by atoms with Crippen molar-refractivity contribution >= 4 is 29.0 Å². The molecule has 1 aromatic carbocycles. The van der Waals surface area contributed by atoms with Crippen molar-refractivity contribution in [1.29, 1.82) is 0 Å². The van der Waals surface area contributed by atoms with Crippen molar-refractivity contribution in [3.8, 4) is 0 Å². The molecule has 1 aliphatic heterocycles. The Kier molecular flexibility index (Phi) is 3.47. The van der Waals surface area contributed by atoms with Gasteiger partial charge in [-0.3, -0.25) is 29.8 Å². The molecule has 2 rings (SSSR count). The predicted octanol–water partition coefficient (Wildman–Crippen LogP) is 0.260. The smallest absolute Gasteiger partial charge is 0.270 e. The Labute approximate surface area is 113 Å². The Bertz CT molecular complexity index is 610. The van der Waals surface area contributed by atoms with E-state index in [1.54, 1.807) is 0 Å². The Morgan fingerprint density at radius 2 is 1.90 bits per heavy atom. The minimum absolute atomic E-state index is 0.0795. The molecule has 1 aliphatic rings. The summed E-state index contributed by atoms with van der Waals surface area (Å²) >= 11 is 0. The molecular weight excluding hydrogens is 266 g/mol. The molecule has 2 amide bonds. The van der Waals surface area contributed by atoms with Gasteiger partial charge in [0.2, 0.25) is 11.8 Å². The Balaban J connectivity index is 2.45. The number of anilines is 1. The standard InChI is InChI=1S/C12H11N3O5/c1-7(16)9-4-8(15(19)20)2-3-10(9)14-5-11(17)13-12(18)6-14/h2-4H,5-6H2,1H3,(H,13,17,18). The first-order chi connectivity index (χ1) is 9.38. The lowest BCUT2D eigenvalue weighted by atomic mass is 10.1. The topological polar surface area (TPSA) is 110 Å². The molecule has 0 atom stereocenters. The van der Waals surface area contributed by atoms with Crippen molar-refractivity contribution in [3.63, 3.8) is 0 Å². The summed E-state index contributed by atoms with van der Waals surface area (Å²) in [5, 5.41) is 12.9. The van der Waals surface area contributed by atoms with Gasteiger partial charge in [0.1, 0.15) is 0 Å². The van der Waals surface area contributed by atoms with E-state index in [1.165, 1.54) is 24.0 Å². The molecule has 0 aliphatic carbocycles. The quantitative estimate of drug-likeness (QED) is 0.367. The number of carbonyl (C=O) groups excluding carboxylic acids is 3. The molecule has 0 unspecified atom stereocenters. The first-order valence-electron chi connectivity index (χ1n) is 5.75. The predicted molar refractivity (Wildman–Crippen MR) is 68.5 cm³/mol. The second-order valence-electron chi connectivity index (χ2n) is 4.34. The Morgan fingerprint density at radius 3 is 2.40 bits per heavy atom. The van der Waals surface area contributed by atoms with Gasteiger partial charge in [-0.05, 0) is 13.0 Å². The summed E-state index contributed by atoms with van der Waals surface area (Å²) in [7, 11) is 0. The molecule has 1 aromatic rings. The lowest BCUT2D eigenvalue weighted by Crippen LogP contribution is -2.51. The maximum absolute atomic E-state index is 11.6. The summed E-state index contributed by atoms with van der Waals surface area (Å²) in [4.78, 5) is 45.8. The van der Waals surface area contributed by atoms with Crippen LogP contribution in [0.3, 0.4) is 0 Å². The number of nitro benzene ring substituents is 1. The van der Waals surface area contributed by atoms with Crippen LogP contribution in [0, 0.1) is 10.1 Å². The van der Waals surface area contributed by atoms with Crippen LogP contribution < -0.4 is 10.2 Å². The number of nitrogens with one attached hydrogen (secondary N) is 1. The first-order valence-corrected chi connectivity index (χ1v) is 5.75. The van der Waals surface area contributed by atoms with Crippen molar-refractivity contribution in [2.45, 2.75) is 6.92 Å². The Morgan fingerprint density at radius 1 is 1.30 bits per heavy atom. The van der Waals surface area contributed by atoms with Crippen molar-refractivity contribution < 1.29 is 19.3 Å². The molecule has 0 saturated carbocycles. The number of benzene rings is 1. The molecule has 0 bridgehead atoms. The third-order valence-electron chi connectivity index (χ3n) is 2.86. The van der Waals surface area contributed by atoms with Gasteiger partial charge in [0.25, 0.3) is 5.69 Å². The minimum atomic E-state index is -0.607. The number of carbonyl (C=O) groups is 3. The van der Waals surface area contributed by atoms with Crippen LogP contribution in [0.2, 0.25) is 0 Å². The molecule has 1 fully saturated rings.